The summed E-state index contributed by atoms with van der Waals surface area (Å²) < 4.78 is 17.2. The van der Waals surface area contributed by atoms with E-state index in [1.807, 2.05) is 67.6 Å². The van der Waals surface area contributed by atoms with Gasteiger partial charge < -0.3 is 19.2 Å². The molecule has 5 rings (SSSR count). The number of carbonyl (C=O) groups is 1. The summed E-state index contributed by atoms with van der Waals surface area (Å²) in [6, 6.07) is 19.5. The zero-order valence-electron chi connectivity index (χ0n) is 16.9. The number of nitrogens with zero attached hydrogens (tertiary/aromatic N) is 1. The lowest BCUT2D eigenvalue weighted by atomic mass is 9.85. The van der Waals surface area contributed by atoms with Crippen molar-refractivity contribution in [1.82, 2.24) is 4.90 Å². The molecule has 6 nitrogen and oxygen atoms in total. The maximum absolute atomic E-state index is 13.1. The van der Waals surface area contributed by atoms with Gasteiger partial charge in [-0.3, -0.25) is 9.69 Å². The number of carbonyl (C=O) groups excluding carboxylic acids is 1. The van der Waals surface area contributed by atoms with Crippen LogP contribution in [-0.4, -0.2) is 36.1 Å². The van der Waals surface area contributed by atoms with Crippen molar-refractivity contribution >= 4 is 11.6 Å². The molecule has 2 aliphatic rings. The number of furan rings is 1. The second-order valence-corrected chi connectivity index (χ2v) is 7.89. The minimum atomic E-state index is -0.576. The van der Waals surface area contributed by atoms with Crippen LogP contribution >= 0.6 is 0 Å². The van der Waals surface area contributed by atoms with E-state index < -0.39 is 5.54 Å². The van der Waals surface area contributed by atoms with Gasteiger partial charge in [0.2, 0.25) is 5.91 Å². The van der Waals surface area contributed by atoms with Crippen molar-refractivity contribution in [2.45, 2.75) is 25.4 Å². The van der Waals surface area contributed by atoms with Crippen molar-refractivity contribution in [1.29, 1.82) is 0 Å². The molecule has 0 saturated carbocycles. The Morgan fingerprint density at radius 1 is 1.03 bits per heavy atom. The second-order valence-electron chi connectivity index (χ2n) is 7.89. The fraction of sp³-hybridized carbons (Fsp3) is 0.292. The van der Waals surface area contributed by atoms with Gasteiger partial charge in [0, 0.05) is 23.9 Å². The largest absolute Gasteiger partial charge is 0.486 e. The van der Waals surface area contributed by atoms with Crippen molar-refractivity contribution in [3.63, 3.8) is 0 Å². The number of amides is 1. The van der Waals surface area contributed by atoms with E-state index in [1.165, 1.54) is 0 Å². The summed E-state index contributed by atoms with van der Waals surface area (Å²) >= 11 is 0. The first-order valence-electron chi connectivity index (χ1n) is 10.2. The molecule has 0 aliphatic carbocycles. The van der Waals surface area contributed by atoms with E-state index in [-0.39, 0.29) is 5.91 Å². The Bertz CT molecular complexity index is 1060. The van der Waals surface area contributed by atoms with Crippen LogP contribution in [0, 0.1) is 0 Å². The monoisotopic (exact) mass is 404 g/mol. The van der Waals surface area contributed by atoms with Crippen LogP contribution < -0.4 is 14.8 Å². The summed E-state index contributed by atoms with van der Waals surface area (Å²) in [6.45, 7) is 4.49. The Kier molecular flexibility index (Phi) is 4.71. The van der Waals surface area contributed by atoms with Crippen molar-refractivity contribution in [3.05, 3.63) is 66.4 Å². The molecule has 1 atom stereocenters. The molecule has 0 radical (unpaired) electrons. The standard InChI is InChI=1S/C24H24N2O4/c1-24(23(27)25-18-7-9-21-22(15-18)29-14-13-28-21)11-12-26(24)16-19-8-10-20(30-19)17-5-3-2-4-6-17/h2-10,15H,11-14,16H2,1H3,(H,25,27). The minimum Gasteiger partial charge on any atom is -0.486 e. The van der Waals surface area contributed by atoms with Gasteiger partial charge in [-0.05, 0) is 37.6 Å². The molecule has 2 aromatic carbocycles. The number of nitrogens with one attached hydrogen (secondary N) is 1. The number of benzene rings is 2. The van der Waals surface area contributed by atoms with Gasteiger partial charge in [0.05, 0.1) is 12.1 Å². The molecular weight excluding hydrogens is 380 g/mol. The van der Waals surface area contributed by atoms with E-state index in [2.05, 4.69) is 10.2 Å². The summed E-state index contributed by atoms with van der Waals surface area (Å²) in [5.74, 6) is 3.04. The fourth-order valence-corrected chi connectivity index (χ4v) is 3.91. The maximum atomic E-state index is 13.1. The van der Waals surface area contributed by atoms with E-state index in [1.54, 1.807) is 0 Å². The Morgan fingerprint density at radius 2 is 1.83 bits per heavy atom. The van der Waals surface area contributed by atoms with Gasteiger partial charge in [-0.1, -0.05) is 30.3 Å². The highest BCUT2D eigenvalue weighted by molar-refractivity contribution is 5.98. The van der Waals surface area contributed by atoms with Gasteiger partial charge in [0.1, 0.15) is 24.7 Å². The fourth-order valence-electron chi connectivity index (χ4n) is 3.91. The van der Waals surface area contributed by atoms with Crippen LogP contribution in [0.5, 0.6) is 11.5 Å². The third kappa shape index (κ3) is 3.44. The average Bonchev–Trinajstić information content (AvgIpc) is 3.25. The van der Waals surface area contributed by atoms with Crippen LogP contribution in [0.2, 0.25) is 0 Å². The van der Waals surface area contributed by atoms with Crippen LogP contribution in [0.15, 0.2) is 65.1 Å². The molecule has 30 heavy (non-hydrogen) atoms. The van der Waals surface area contributed by atoms with Gasteiger partial charge in [0.15, 0.2) is 11.5 Å². The molecule has 3 aromatic rings. The van der Waals surface area contributed by atoms with Gasteiger partial charge in [-0.2, -0.15) is 0 Å². The first kappa shape index (κ1) is 18.8. The molecule has 0 spiro atoms. The van der Waals surface area contributed by atoms with Gasteiger partial charge >= 0.3 is 0 Å². The molecule has 2 aliphatic heterocycles. The summed E-state index contributed by atoms with van der Waals surface area (Å²) in [6.07, 6.45) is 0.801. The zero-order chi connectivity index (χ0) is 20.6. The Labute approximate surface area is 175 Å². The number of rotatable bonds is 5. The van der Waals surface area contributed by atoms with Gasteiger partial charge in [-0.15, -0.1) is 0 Å². The summed E-state index contributed by atoms with van der Waals surface area (Å²) in [7, 11) is 0. The molecule has 154 valence electrons. The molecule has 1 aromatic heterocycles. The minimum absolute atomic E-state index is 0.0275. The summed E-state index contributed by atoms with van der Waals surface area (Å²) in [4.78, 5) is 15.2. The first-order chi connectivity index (χ1) is 14.6. The third-order valence-corrected chi connectivity index (χ3v) is 5.92. The average molecular weight is 404 g/mol. The van der Waals surface area contributed by atoms with Crippen LogP contribution in [0.1, 0.15) is 19.1 Å². The SMILES string of the molecule is CC1(C(=O)Nc2ccc3c(c2)OCCO3)CCN1Cc1ccc(-c2ccccc2)o1. The number of fused-ring (bicyclic) bond motifs is 1. The van der Waals surface area contributed by atoms with Gasteiger partial charge in [-0.25, -0.2) is 0 Å². The highest BCUT2D eigenvalue weighted by atomic mass is 16.6. The summed E-state index contributed by atoms with van der Waals surface area (Å²) in [5, 5.41) is 3.03. The van der Waals surface area contributed by atoms with Gasteiger partial charge in [0.25, 0.3) is 0 Å². The smallest absolute Gasteiger partial charge is 0.244 e. The topological polar surface area (TPSA) is 63.9 Å². The molecule has 1 saturated heterocycles. The number of anilines is 1. The van der Waals surface area contributed by atoms with Crippen molar-refractivity contribution < 1.29 is 18.7 Å². The van der Waals surface area contributed by atoms with E-state index in [4.69, 9.17) is 13.9 Å². The lowest BCUT2D eigenvalue weighted by Gasteiger charge is -2.48. The third-order valence-electron chi connectivity index (χ3n) is 5.92. The van der Waals surface area contributed by atoms with Crippen LogP contribution in [0.3, 0.4) is 0 Å². The van der Waals surface area contributed by atoms with Crippen LogP contribution in [-0.2, 0) is 11.3 Å². The second kappa shape index (κ2) is 7.54. The van der Waals surface area contributed by atoms with Crippen molar-refractivity contribution in [2.24, 2.45) is 0 Å². The van der Waals surface area contributed by atoms with E-state index in [0.717, 1.165) is 30.0 Å². The highest BCUT2D eigenvalue weighted by Crippen LogP contribution is 2.36. The molecule has 0 bridgehead atoms. The maximum Gasteiger partial charge on any atom is 0.244 e. The van der Waals surface area contributed by atoms with Crippen LogP contribution in [0.4, 0.5) is 5.69 Å². The lowest BCUT2D eigenvalue weighted by Crippen LogP contribution is -2.63. The highest BCUT2D eigenvalue weighted by Gasteiger charge is 2.47. The first-order valence-corrected chi connectivity index (χ1v) is 10.2. The number of ether oxygens (including phenoxy) is 2. The van der Waals surface area contributed by atoms with E-state index in [9.17, 15) is 4.79 Å². The Balaban J connectivity index is 1.26. The number of hydrogen-bond donors (Lipinski definition) is 1. The lowest BCUT2D eigenvalue weighted by molar-refractivity contribution is -0.136. The molecular formula is C24H24N2O4. The van der Waals surface area contributed by atoms with Crippen molar-refractivity contribution in [3.8, 4) is 22.8 Å². The summed E-state index contributed by atoms with van der Waals surface area (Å²) in [5.41, 5.74) is 1.18. The van der Waals surface area contributed by atoms with Crippen LogP contribution in [0.25, 0.3) is 11.3 Å². The van der Waals surface area contributed by atoms with Crippen molar-refractivity contribution in [2.75, 3.05) is 25.1 Å². The molecule has 6 heteroatoms. The molecule has 1 fully saturated rings. The molecule has 1 unspecified atom stereocenters. The Morgan fingerprint density at radius 3 is 2.60 bits per heavy atom. The van der Waals surface area contributed by atoms with E-state index >= 15 is 0 Å². The molecule has 1 N–H and O–H groups in total. The predicted molar refractivity (Wildman–Crippen MR) is 114 cm³/mol. The molecule has 1 amide bonds. The molecule has 3 heterocycles. The zero-order valence-corrected chi connectivity index (χ0v) is 16.9. The number of hydrogen-bond acceptors (Lipinski definition) is 5. The number of likely N-dealkylation sites (tertiary alicyclic amines) is 1. The predicted octanol–water partition coefficient (Wildman–Crippen LogP) is 4.32. The van der Waals surface area contributed by atoms with E-state index in [0.29, 0.717) is 36.9 Å². The quantitative estimate of drug-likeness (QED) is 0.686. The Hall–Kier alpha value is -3.25. The normalized spacial score (nSPS) is 20.4.